The highest BCUT2D eigenvalue weighted by atomic mass is 16.5. The number of fused-ring (bicyclic) bond motifs is 1. The molecule has 8 nitrogen and oxygen atoms in total. The van der Waals surface area contributed by atoms with E-state index in [4.69, 9.17) is 14.2 Å². The van der Waals surface area contributed by atoms with Gasteiger partial charge in [0.15, 0.2) is 0 Å². The molecule has 0 unspecified atom stereocenters. The van der Waals surface area contributed by atoms with Gasteiger partial charge in [0.25, 0.3) is 5.91 Å². The largest absolute Gasteiger partial charge is 0.497 e. The Morgan fingerprint density at radius 3 is 2.30 bits per heavy atom. The van der Waals surface area contributed by atoms with Crippen LogP contribution in [0.1, 0.15) is 10.4 Å². The van der Waals surface area contributed by atoms with E-state index >= 15 is 0 Å². The van der Waals surface area contributed by atoms with Crippen LogP contribution >= 0.6 is 0 Å². The second-order valence-electron chi connectivity index (χ2n) is 7.17. The summed E-state index contributed by atoms with van der Waals surface area (Å²) in [4.78, 5) is 28.9. The second kappa shape index (κ2) is 7.74. The maximum atomic E-state index is 13.0. The Hall–Kier alpha value is -2.32. The minimum absolute atomic E-state index is 0.0942. The first kappa shape index (κ1) is 19.4. The lowest BCUT2D eigenvalue weighted by atomic mass is 9.81. The molecule has 148 valence electrons. The van der Waals surface area contributed by atoms with Gasteiger partial charge >= 0.3 is 5.97 Å². The lowest BCUT2D eigenvalue weighted by Crippen LogP contribution is -2.42. The standard InChI is InChI=1S/C19H26N2O6/c1-25-5-4-20-9-14-10-21(12-19(14,11-20)18(23)24)17(22)13-6-15(26-2)8-16(7-13)27-3/h6-8,14H,4-5,9-12H2,1-3H3,(H,23,24)/t14-,19-/m1/s1. The van der Waals surface area contributed by atoms with Crippen molar-refractivity contribution in [1.29, 1.82) is 0 Å². The summed E-state index contributed by atoms with van der Waals surface area (Å²) in [6, 6.07) is 5.00. The van der Waals surface area contributed by atoms with Crippen LogP contribution in [0.15, 0.2) is 18.2 Å². The summed E-state index contributed by atoms with van der Waals surface area (Å²) in [6.07, 6.45) is 0. The molecule has 1 aromatic carbocycles. The number of hydrogen-bond acceptors (Lipinski definition) is 6. The molecule has 1 amide bonds. The fraction of sp³-hybridized carbons (Fsp3) is 0.579. The van der Waals surface area contributed by atoms with Crippen LogP contribution < -0.4 is 9.47 Å². The summed E-state index contributed by atoms with van der Waals surface area (Å²) in [6.45, 7) is 2.98. The molecule has 0 saturated carbocycles. The van der Waals surface area contributed by atoms with Gasteiger partial charge in [-0.1, -0.05) is 0 Å². The first-order valence-corrected chi connectivity index (χ1v) is 8.90. The van der Waals surface area contributed by atoms with E-state index in [0.717, 1.165) is 0 Å². The van der Waals surface area contributed by atoms with Crippen LogP contribution in [-0.2, 0) is 9.53 Å². The molecule has 0 bridgehead atoms. The Morgan fingerprint density at radius 2 is 1.78 bits per heavy atom. The highest BCUT2D eigenvalue weighted by Gasteiger charge is 2.58. The lowest BCUT2D eigenvalue weighted by molar-refractivity contribution is -0.148. The van der Waals surface area contributed by atoms with Crippen molar-refractivity contribution < 1.29 is 28.9 Å². The van der Waals surface area contributed by atoms with Crippen LogP contribution in [0.25, 0.3) is 0 Å². The van der Waals surface area contributed by atoms with Crippen LogP contribution in [0.4, 0.5) is 0 Å². The summed E-state index contributed by atoms with van der Waals surface area (Å²) in [7, 11) is 4.68. The molecule has 3 rings (SSSR count). The molecule has 0 radical (unpaired) electrons. The summed E-state index contributed by atoms with van der Waals surface area (Å²) in [5.74, 6) is -0.0912. The minimum atomic E-state index is -0.924. The van der Waals surface area contributed by atoms with Gasteiger partial charge in [-0.05, 0) is 12.1 Å². The average molecular weight is 378 g/mol. The average Bonchev–Trinajstić information content (AvgIpc) is 3.20. The molecular formula is C19H26N2O6. The number of methoxy groups -OCH3 is 3. The fourth-order valence-corrected chi connectivity index (χ4v) is 4.13. The Morgan fingerprint density at radius 1 is 1.11 bits per heavy atom. The third-order valence-corrected chi connectivity index (χ3v) is 5.60. The highest BCUT2D eigenvalue weighted by molar-refractivity contribution is 5.96. The molecule has 2 heterocycles. The van der Waals surface area contributed by atoms with E-state index in [2.05, 4.69) is 4.90 Å². The van der Waals surface area contributed by atoms with E-state index < -0.39 is 11.4 Å². The Balaban J connectivity index is 1.79. The number of carbonyl (C=O) groups is 2. The van der Waals surface area contributed by atoms with Crippen molar-refractivity contribution in [1.82, 2.24) is 9.80 Å². The van der Waals surface area contributed by atoms with Crippen molar-refractivity contribution in [3.63, 3.8) is 0 Å². The number of benzene rings is 1. The molecule has 2 atom stereocenters. The van der Waals surface area contributed by atoms with E-state index in [1.54, 1.807) is 30.2 Å². The van der Waals surface area contributed by atoms with Crippen LogP contribution in [0.5, 0.6) is 11.5 Å². The predicted octanol–water partition coefficient (Wildman–Crippen LogP) is 0.809. The third kappa shape index (κ3) is 3.59. The lowest BCUT2D eigenvalue weighted by Gasteiger charge is -2.25. The third-order valence-electron chi connectivity index (χ3n) is 5.60. The maximum Gasteiger partial charge on any atom is 0.313 e. The monoisotopic (exact) mass is 378 g/mol. The molecule has 1 aromatic rings. The maximum absolute atomic E-state index is 13.0. The number of amides is 1. The Kier molecular flexibility index (Phi) is 5.57. The minimum Gasteiger partial charge on any atom is -0.497 e. The summed E-state index contributed by atoms with van der Waals surface area (Å²) < 4.78 is 15.6. The molecule has 2 saturated heterocycles. The summed E-state index contributed by atoms with van der Waals surface area (Å²) in [5, 5.41) is 9.92. The van der Waals surface area contributed by atoms with Crippen molar-refractivity contribution in [2.75, 3.05) is 60.7 Å². The number of carboxylic acids is 1. The van der Waals surface area contributed by atoms with E-state index in [9.17, 15) is 14.7 Å². The van der Waals surface area contributed by atoms with Crippen molar-refractivity contribution >= 4 is 11.9 Å². The van der Waals surface area contributed by atoms with Gasteiger partial charge < -0.3 is 24.2 Å². The molecule has 27 heavy (non-hydrogen) atoms. The summed E-state index contributed by atoms with van der Waals surface area (Å²) in [5.41, 5.74) is -0.491. The molecule has 0 aliphatic carbocycles. The second-order valence-corrected chi connectivity index (χ2v) is 7.17. The van der Waals surface area contributed by atoms with Gasteiger partial charge in [-0.15, -0.1) is 0 Å². The van der Waals surface area contributed by atoms with E-state index in [1.165, 1.54) is 14.2 Å². The molecule has 2 aliphatic rings. The van der Waals surface area contributed by atoms with Gasteiger partial charge in [-0.3, -0.25) is 14.5 Å². The summed E-state index contributed by atoms with van der Waals surface area (Å²) >= 11 is 0. The van der Waals surface area contributed by atoms with Gasteiger partial charge in [0, 0.05) is 57.4 Å². The van der Waals surface area contributed by atoms with Gasteiger partial charge in [-0.2, -0.15) is 0 Å². The number of aliphatic carboxylic acids is 1. The Bertz CT molecular complexity index is 702. The first-order chi connectivity index (χ1) is 12.9. The quantitative estimate of drug-likeness (QED) is 0.751. The molecule has 0 aromatic heterocycles. The number of carbonyl (C=O) groups excluding carboxylic acids is 1. The number of hydrogen-bond donors (Lipinski definition) is 1. The van der Waals surface area contributed by atoms with Crippen molar-refractivity contribution in [2.45, 2.75) is 0 Å². The molecule has 0 spiro atoms. The van der Waals surface area contributed by atoms with E-state index in [0.29, 0.717) is 49.8 Å². The van der Waals surface area contributed by atoms with E-state index in [1.807, 2.05) is 0 Å². The first-order valence-electron chi connectivity index (χ1n) is 8.90. The Labute approximate surface area is 158 Å². The van der Waals surface area contributed by atoms with Crippen LogP contribution in [0.3, 0.4) is 0 Å². The van der Waals surface area contributed by atoms with Gasteiger partial charge in [-0.25, -0.2) is 0 Å². The fourth-order valence-electron chi connectivity index (χ4n) is 4.13. The van der Waals surface area contributed by atoms with Crippen molar-refractivity contribution in [2.24, 2.45) is 11.3 Å². The molecule has 2 fully saturated rings. The number of carboxylic acid groups (broad SMARTS) is 1. The molecular weight excluding hydrogens is 352 g/mol. The smallest absolute Gasteiger partial charge is 0.313 e. The zero-order valence-electron chi connectivity index (χ0n) is 15.9. The van der Waals surface area contributed by atoms with Crippen molar-refractivity contribution in [3.8, 4) is 11.5 Å². The van der Waals surface area contributed by atoms with Gasteiger partial charge in [0.05, 0.1) is 20.8 Å². The van der Waals surface area contributed by atoms with Crippen LogP contribution in [0, 0.1) is 11.3 Å². The van der Waals surface area contributed by atoms with Gasteiger partial charge in [0.1, 0.15) is 16.9 Å². The number of likely N-dealkylation sites (tertiary alicyclic amines) is 2. The number of ether oxygens (including phenoxy) is 3. The predicted molar refractivity (Wildman–Crippen MR) is 97.3 cm³/mol. The normalized spacial score (nSPS) is 24.7. The van der Waals surface area contributed by atoms with Crippen LogP contribution in [-0.4, -0.2) is 87.4 Å². The SMILES string of the molecule is COCCN1C[C@@H]2CN(C(=O)c3cc(OC)cc(OC)c3)C[C@]2(C(=O)O)C1. The zero-order valence-corrected chi connectivity index (χ0v) is 15.9. The highest BCUT2D eigenvalue weighted by Crippen LogP contribution is 2.43. The molecule has 2 aliphatic heterocycles. The van der Waals surface area contributed by atoms with Crippen LogP contribution in [0.2, 0.25) is 0 Å². The zero-order chi connectivity index (χ0) is 19.6. The van der Waals surface area contributed by atoms with Gasteiger partial charge in [0.2, 0.25) is 0 Å². The van der Waals surface area contributed by atoms with E-state index in [-0.39, 0.29) is 18.4 Å². The number of nitrogens with zero attached hydrogens (tertiary/aromatic N) is 2. The topological polar surface area (TPSA) is 88.5 Å². The molecule has 1 N–H and O–H groups in total. The van der Waals surface area contributed by atoms with Crippen molar-refractivity contribution in [3.05, 3.63) is 23.8 Å². The number of rotatable bonds is 7. The molecule has 8 heteroatoms.